The highest BCUT2D eigenvalue weighted by Crippen LogP contribution is 2.26. The standard InChI is InChI=1S/C12H15BrN2O2.ClH/c1-17-11-3-2-8(6-10(11)13)12(16)15-5-4-9(14)7-15;/h2-3,6,9H,4-5,7,14H2,1H3;1H/t9-;/m1./s1. The van der Waals surface area contributed by atoms with Crippen molar-refractivity contribution in [3.63, 3.8) is 0 Å². The van der Waals surface area contributed by atoms with E-state index in [-0.39, 0.29) is 24.4 Å². The van der Waals surface area contributed by atoms with Crippen LogP contribution < -0.4 is 10.5 Å². The second-order valence-electron chi connectivity index (χ2n) is 4.15. The van der Waals surface area contributed by atoms with Crippen LogP contribution in [0.2, 0.25) is 0 Å². The van der Waals surface area contributed by atoms with E-state index in [4.69, 9.17) is 10.5 Å². The average molecular weight is 336 g/mol. The lowest BCUT2D eigenvalue weighted by Gasteiger charge is -2.16. The second kappa shape index (κ2) is 6.41. The molecular weight excluding hydrogens is 320 g/mol. The fourth-order valence-electron chi connectivity index (χ4n) is 1.95. The van der Waals surface area contributed by atoms with Gasteiger partial charge in [0.15, 0.2) is 0 Å². The summed E-state index contributed by atoms with van der Waals surface area (Å²) in [6.07, 6.45) is 0.878. The summed E-state index contributed by atoms with van der Waals surface area (Å²) in [7, 11) is 1.60. The van der Waals surface area contributed by atoms with Gasteiger partial charge in [-0.1, -0.05) is 0 Å². The minimum Gasteiger partial charge on any atom is -0.496 e. The van der Waals surface area contributed by atoms with Gasteiger partial charge in [0.05, 0.1) is 11.6 Å². The van der Waals surface area contributed by atoms with Crippen molar-refractivity contribution in [1.29, 1.82) is 0 Å². The molecule has 1 atom stereocenters. The summed E-state index contributed by atoms with van der Waals surface area (Å²) in [5.41, 5.74) is 6.45. The van der Waals surface area contributed by atoms with Crippen LogP contribution in [0.15, 0.2) is 22.7 Å². The number of methoxy groups -OCH3 is 1. The number of likely N-dealkylation sites (tertiary alicyclic amines) is 1. The Morgan fingerprint density at radius 3 is 2.78 bits per heavy atom. The number of nitrogens with two attached hydrogens (primary N) is 1. The Balaban J connectivity index is 0.00000162. The predicted octanol–water partition coefficient (Wildman–Crippen LogP) is 2.05. The third-order valence-electron chi connectivity index (χ3n) is 2.91. The van der Waals surface area contributed by atoms with Crippen LogP contribution >= 0.6 is 28.3 Å². The van der Waals surface area contributed by atoms with E-state index in [1.165, 1.54) is 0 Å². The van der Waals surface area contributed by atoms with Gasteiger partial charge in [-0.3, -0.25) is 4.79 Å². The first kappa shape index (κ1) is 15.3. The molecule has 1 heterocycles. The molecule has 1 aliphatic rings. The van der Waals surface area contributed by atoms with Crippen LogP contribution in [0.25, 0.3) is 0 Å². The number of amides is 1. The van der Waals surface area contributed by atoms with Gasteiger partial charge < -0.3 is 15.4 Å². The maximum absolute atomic E-state index is 12.2. The Kier molecular flexibility index (Phi) is 5.44. The molecule has 1 fully saturated rings. The fourth-order valence-corrected chi connectivity index (χ4v) is 2.49. The highest BCUT2D eigenvalue weighted by Gasteiger charge is 2.24. The van der Waals surface area contributed by atoms with Crippen molar-refractivity contribution in [1.82, 2.24) is 4.90 Å². The van der Waals surface area contributed by atoms with Crippen molar-refractivity contribution in [2.45, 2.75) is 12.5 Å². The highest BCUT2D eigenvalue weighted by molar-refractivity contribution is 9.10. The Morgan fingerprint density at radius 1 is 1.56 bits per heavy atom. The molecule has 1 aromatic rings. The first-order chi connectivity index (χ1) is 8.11. The van der Waals surface area contributed by atoms with E-state index in [0.29, 0.717) is 12.1 Å². The smallest absolute Gasteiger partial charge is 0.253 e. The predicted molar refractivity (Wildman–Crippen MR) is 76.4 cm³/mol. The first-order valence-corrected chi connectivity index (χ1v) is 6.29. The molecule has 6 heteroatoms. The van der Waals surface area contributed by atoms with Gasteiger partial charge >= 0.3 is 0 Å². The number of hydrogen-bond donors (Lipinski definition) is 1. The van der Waals surface area contributed by atoms with Gasteiger partial charge in [-0.2, -0.15) is 0 Å². The Morgan fingerprint density at radius 2 is 2.28 bits per heavy atom. The third kappa shape index (κ3) is 3.16. The van der Waals surface area contributed by atoms with E-state index in [9.17, 15) is 4.79 Å². The minimum absolute atomic E-state index is 0. The number of halogens is 2. The molecule has 0 spiro atoms. The average Bonchev–Trinajstić information content (AvgIpc) is 2.75. The molecule has 0 aromatic heterocycles. The molecule has 1 aliphatic heterocycles. The number of benzene rings is 1. The Hall–Kier alpha value is -0.780. The zero-order valence-corrected chi connectivity index (χ0v) is 12.5. The van der Waals surface area contributed by atoms with E-state index in [0.717, 1.165) is 23.2 Å². The molecule has 2 N–H and O–H groups in total. The zero-order chi connectivity index (χ0) is 12.4. The van der Waals surface area contributed by atoms with Gasteiger partial charge in [0.1, 0.15) is 5.75 Å². The van der Waals surface area contributed by atoms with Crippen LogP contribution in [-0.4, -0.2) is 37.0 Å². The van der Waals surface area contributed by atoms with Crippen molar-refractivity contribution < 1.29 is 9.53 Å². The molecule has 0 bridgehead atoms. The van der Waals surface area contributed by atoms with Crippen LogP contribution in [-0.2, 0) is 0 Å². The third-order valence-corrected chi connectivity index (χ3v) is 3.53. The molecule has 0 radical (unpaired) electrons. The lowest BCUT2D eigenvalue weighted by molar-refractivity contribution is 0.0791. The number of ether oxygens (including phenoxy) is 1. The topological polar surface area (TPSA) is 55.6 Å². The molecule has 4 nitrogen and oxygen atoms in total. The number of hydrogen-bond acceptors (Lipinski definition) is 3. The molecule has 0 aliphatic carbocycles. The maximum Gasteiger partial charge on any atom is 0.253 e. The first-order valence-electron chi connectivity index (χ1n) is 5.50. The molecule has 0 saturated carbocycles. The Labute approximate surface area is 121 Å². The quantitative estimate of drug-likeness (QED) is 0.900. The maximum atomic E-state index is 12.2. The van der Waals surface area contributed by atoms with E-state index in [2.05, 4.69) is 15.9 Å². The SMILES string of the molecule is COc1ccc(C(=O)N2CC[C@@H](N)C2)cc1Br.Cl. The van der Waals surface area contributed by atoms with Gasteiger partial charge in [-0.05, 0) is 40.5 Å². The monoisotopic (exact) mass is 334 g/mol. The van der Waals surface area contributed by atoms with Crippen LogP contribution in [0.3, 0.4) is 0 Å². The fraction of sp³-hybridized carbons (Fsp3) is 0.417. The van der Waals surface area contributed by atoms with Crippen molar-refractivity contribution in [2.75, 3.05) is 20.2 Å². The van der Waals surface area contributed by atoms with Crippen LogP contribution in [0.4, 0.5) is 0 Å². The minimum atomic E-state index is 0. The van der Waals surface area contributed by atoms with E-state index >= 15 is 0 Å². The van der Waals surface area contributed by atoms with Crippen LogP contribution in [0, 0.1) is 0 Å². The van der Waals surface area contributed by atoms with E-state index in [1.807, 2.05) is 0 Å². The highest BCUT2D eigenvalue weighted by atomic mass is 79.9. The van der Waals surface area contributed by atoms with Crippen molar-refractivity contribution in [3.8, 4) is 5.75 Å². The number of carbonyl (C=O) groups excluding carboxylic acids is 1. The normalized spacial score (nSPS) is 18.4. The summed E-state index contributed by atoms with van der Waals surface area (Å²) in [6.45, 7) is 1.38. The molecule has 1 saturated heterocycles. The van der Waals surface area contributed by atoms with Crippen molar-refractivity contribution in [2.24, 2.45) is 5.73 Å². The van der Waals surface area contributed by atoms with Gasteiger partial charge in [-0.25, -0.2) is 0 Å². The summed E-state index contributed by atoms with van der Waals surface area (Å²) < 4.78 is 5.92. The van der Waals surface area contributed by atoms with Gasteiger partial charge in [-0.15, -0.1) is 12.4 Å². The molecule has 2 rings (SSSR count). The summed E-state index contributed by atoms with van der Waals surface area (Å²) in [4.78, 5) is 13.9. The van der Waals surface area contributed by atoms with Gasteiger partial charge in [0.2, 0.25) is 0 Å². The van der Waals surface area contributed by atoms with Gasteiger partial charge in [0, 0.05) is 24.7 Å². The van der Waals surface area contributed by atoms with Crippen molar-refractivity contribution in [3.05, 3.63) is 28.2 Å². The summed E-state index contributed by atoms with van der Waals surface area (Å²) in [5, 5.41) is 0. The molecule has 18 heavy (non-hydrogen) atoms. The lowest BCUT2D eigenvalue weighted by atomic mass is 10.2. The number of nitrogens with zero attached hydrogens (tertiary/aromatic N) is 1. The summed E-state index contributed by atoms with van der Waals surface area (Å²) >= 11 is 3.38. The van der Waals surface area contributed by atoms with Crippen molar-refractivity contribution >= 4 is 34.2 Å². The number of carbonyl (C=O) groups is 1. The summed E-state index contributed by atoms with van der Waals surface area (Å²) in [5.74, 6) is 0.751. The van der Waals surface area contributed by atoms with Crippen LogP contribution in [0.1, 0.15) is 16.8 Å². The van der Waals surface area contributed by atoms with E-state index in [1.54, 1.807) is 30.2 Å². The largest absolute Gasteiger partial charge is 0.496 e. The number of rotatable bonds is 2. The molecule has 0 unspecified atom stereocenters. The second-order valence-corrected chi connectivity index (χ2v) is 5.00. The van der Waals surface area contributed by atoms with Crippen LogP contribution in [0.5, 0.6) is 5.75 Å². The lowest BCUT2D eigenvalue weighted by Crippen LogP contribution is -2.31. The summed E-state index contributed by atoms with van der Waals surface area (Å²) in [6, 6.07) is 5.45. The van der Waals surface area contributed by atoms with Gasteiger partial charge in [0.25, 0.3) is 5.91 Å². The molecule has 1 aromatic carbocycles. The molecule has 1 amide bonds. The Bertz CT molecular complexity index is 442. The molecule has 100 valence electrons. The van der Waals surface area contributed by atoms with E-state index < -0.39 is 0 Å². The molecular formula is C12H16BrClN2O2. The zero-order valence-electron chi connectivity index (χ0n) is 10.1.